The topological polar surface area (TPSA) is 71.2 Å². The van der Waals surface area contributed by atoms with Gasteiger partial charge in [-0.3, -0.25) is 4.79 Å². The van der Waals surface area contributed by atoms with E-state index in [9.17, 15) is 4.79 Å². The lowest BCUT2D eigenvalue weighted by atomic mass is 10.2. The highest BCUT2D eigenvalue weighted by Crippen LogP contribution is 2.30. The Labute approximate surface area is 126 Å². The molecule has 0 spiro atoms. The summed E-state index contributed by atoms with van der Waals surface area (Å²) in [5, 5.41) is 4.00. The quantitative estimate of drug-likeness (QED) is 0.909. The molecule has 7 heteroatoms. The van der Waals surface area contributed by atoms with Crippen molar-refractivity contribution in [3.8, 4) is 0 Å². The summed E-state index contributed by atoms with van der Waals surface area (Å²) in [6.07, 6.45) is 0. The number of nitrogens with one attached hydrogen (secondary N) is 1. The Hall–Kier alpha value is -1.79. The zero-order valence-corrected chi connectivity index (χ0v) is 12.8. The number of benzene rings is 1. The maximum atomic E-state index is 11.9. The van der Waals surface area contributed by atoms with Crippen molar-refractivity contribution in [1.29, 1.82) is 0 Å². The summed E-state index contributed by atoms with van der Waals surface area (Å²) in [7, 11) is 3.46. The number of aromatic nitrogens is 1. The first-order chi connectivity index (χ1) is 9.52. The van der Waals surface area contributed by atoms with Crippen molar-refractivity contribution in [2.45, 2.75) is 6.54 Å². The molecule has 0 saturated heterocycles. The Kier molecular flexibility index (Phi) is 4.46. The van der Waals surface area contributed by atoms with Gasteiger partial charge in [0, 0.05) is 25.7 Å². The zero-order chi connectivity index (χ0) is 14.7. The SMILES string of the molecule is CNC(=O)c1c(N)nsc1N(C)Cc1cccc(Cl)c1. The van der Waals surface area contributed by atoms with E-state index >= 15 is 0 Å². The summed E-state index contributed by atoms with van der Waals surface area (Å²) in [6, 6.07) is 7.59. The van der Waals surface area contributed by atoms with E-state index < -0.39 is 0 Å². The second-order valence-corrected chi connectivity index (χ2v) is 5.50. The van der Waals surface area contributed by atoms with Crippen molar-refractivity contribution in [3.63, 3.8) is 0 Å². The molecule has 5 nitrogen and oxygen atoms in total. The van der Waals surface area contributed by atoms with Crippen molar-refractivity contribution in [2.75, 3.05) is 24.7 Å². The second-order valence-electron chi connectivity index (χ2n) is 4.31. The van der Waals surface area contributed by atoms with Gasteiger partial charge in [0.15, 0.2) is 5.82 Å². The number of anilines is 2. The smallest absolute Gasteiger partial charge is 0.257 e. The number of carbonyl (C=O) groups is 1. The van der Waals surface area contributed by atoms with Crippen molar-refractivity contribution in [3.05, 3.63) is 40.4 Å². The fourth-order valence-electron chi connectivity index (χ4n) is 1.87. The van der Waals surface area contributed by atoms with Gasteiger partial charge in [-0.1, -0.05) is 23.7 Å². The number of carbonyl (C=O) groups excluding carboxylic acids is 1. The molecule has 1 heterocycles. The summed E-state index contributed by atoms with van der Waals surface area (Å²) in [5.41, 5.74) is 7.23. The first-order valence-corrected chi connectivity index (χ1v) is 7.11. The van der Waals surface area contributed by atoms with E-state index in [4.69, 9.17) is 17.3 Å². The second kappa shape index (κ2) is 6.11. The lowest BCUT2D eigenvalue weighted by Gasteiger charge is -2.18. The van der Waals surface area contributed by atoms with E-state index in [1.54, 1.807) is 7.05 Å². The van der Waals surface area contributed by atoms with Gasteiger partial charge in [0.1, 0.15) is 10.6 Å². The van der Waals surface area contributed by atoms with Crippen molar-refractivity contribution >= 4 is 39.9 Å². The van der Waals surface area contributed by atoms with E-state index in [-0.39, 0.29) is 11.7 Å². The number of nitrogen functional groups attached to an aromatic ring is 1. The Morgan fingerprint density at radius 1 is 1.55 bits per heavy atom. The lowest BCUT2D eigenvalue weighted by molar-refractivity contribution is 0.0964. The van der Waals surface area contributed by atoms with Crippen molar-refractivity contribution in [1.82, 2.24) is 9.69 Å². The molecule has 0 aliphatic rings. The van der Waals surface area contributed by atoms with Crippen molar-refractivity contribution in [2.24, 2.45) is 0 Å². The van der Waals surface area contributed by atoms with Crippen LogP contribution in [0.5, 0.6) is 0 Å². The first-order valence-electron chi connectivity index (χ1n) is 5.95. The largest absolute Gasteiger partial charge is 0.382 e. The fraction of sp³-hybridized carbons (Fsp3) is 0.231. The highest BCUT2D eigenvalue weighted by molar-refractivity contribution is 7.11. The molecule has 0 radical (unpaired) electrons. The average molecular weight is 311 g/mol. The minimum absolute atomic E-state index is 0.232. The maximum Gasteiger partial charge on any atom is 0.257 e. The maximum absolute atomic E-state index is 11.9. The number of nitrogens with zero attached hydrogens (tertiary/aromatic N) is 2. The van der Waals surface area contributed by atoms with Gasteiger partial charge in [-0.05, 0) is 29.2 Å². The number of nitrogens with two attached hydrogens (primary N) is 1. The number of amides is 1. The molecule has 2 aromatic rings. The normalized spacial score (nSPS) is 10.3. The Bertz CT molecular complexity index is 629. The summed E-state index contributed by atoms with van der Waals surface area (Å²) < 4.78 is 4.06. The van der Waals surface area contributed by atoms with Crippen LogP contribution in [0.3, 0.4) is 0 Å². The van der Waals surface area contributed by atoms with Gasteiger partial charge in [0.25, 0.3) is 5.91 Å². The molecule has 0 aliphatic heterocycles. The summed E-state index contributed by atoms with van der Waals surface area (Å²) in [4.78, 5) is 13.8. The molecule has 106 valence electrons. The molecule has 1 amide bonds. The predicted molar refractivity (Wildman–Crippen MR) is 83.5 cm³/mol. The van der Waals surface area contributed by atoms with Crippen LogP contribution in [0.15, 0.2) is 24.3 Å². The average Bonchev–Trinajstić information content (AvgIpc) is 2.80. The van der Waals surface area contributed by atoms with Gasteiger partial charge >= 0.3 is 0 Å². The third kappa shape index (κ3) is 3.02. The number of halogens is 1. The van der Waals surface area contributed by atoms with E-state index in [0.29, 0.717) is 17.1 Å². The molecule has 0 saturated carbocycles. The lowest BCUT2D eigenvalue weighted by Crippen LogP contribution is -2.23. The minimum atomic E-state index is -0.232. The molecule has 1 aromatic heterocycles. The number of rotatable bonds is 4. The Balaban J connectivity index is 2.26. The van der Waals surface area contributed by atoms with Crippen LogP contribution >= 0.6 is 23.1 Å². The van der Waals surface area contributed by atoms with Crippen LogP contribution in [-0.2, 0) is 6.54 Å². The number of hydrogen-bond donors (Lipinski definition) is 2. The Morgan fingerprint density at radius 2 is 2.30 bits per heavy atom. The van der Waals surface area contributed by atoms with E-state index in [0.717, 1.165) is 10.6 Å². The van der Waals surface area contributed by atoms with Gasteiger partial charge in [0.2, 0.25) is 0 Å². The third-order valence-corrected chi connectivity index (χ3v) is 4.02. The molecule has 0 bridgehead atoms. The highest BCUT2D eigenvalue weighted by atomic mass is 35.5. The molecule has 0 aliphatic carbocycles. The van der Waals surface area contributed by atoms with E-state index in [2.05, 4.69) is 9.69 Å². The molecule has 1 aromatic carbocycles. The molecule has 0 unspecified atom stereocenters. The summed E-state index contributed by atoms with van der Waals surface area (Å²) in [5.74, 6) is 0.0199. The minimum Gasteiger partial charge on any atom is -0.382 e. The fourth-order valence-corrected chi connectivity index (χ4v) is 2.85. The molecular formula is C13H15ClN4OS. The molecular weight excluding hydrogens is 296 g/mol. The zero-order valence-electron chi connectivity index (χ0n) is 11.2. The Morgan fingerprint density at radius 3 is 2.95 bits per heavy atom. The van der Waals surface area contributed by atoms with Crippen LogP contribution in [-0.4, -0.2) is 24.4 Å². The van der Waals surface area contributed by atoms with Crippen LogP contribution in [0.1, 0.15) is 15.9 Å². The van der Waals surface area contributed by atoms with Crippen LogP contribution in [0.2, 0.25) is 5.02 Å². The molecule has 0 atom stereocenters. The molecule has 3 N–H and O–H groups in total. The van der Waals surface area contributed by atoms with Gasteiger partial charge in [-0.2, -0.15) is 4.37 Å². The molecule has 2 rings (SSSR count). The molecule has 20 heavy (non-hydrogen) atoms. The van der Waals surface area contributed by atoms with Crippen LogP contribution in [0, 0.1) is 0 Å². The van der Waals surface area contributed by atoms with Gasteiger partial charge in [-0.15, -0.1) is 0 Å². The van der Waals surface area contributed by atoms with E-state index in [1.165, 1.54) is 11.5 Å². The van der Waals surface area contributed by atoms with Crippen LogP contribution in [0.25, 0.3) is 0 Å². The summed E-state index contributed by atoms with van der Waals surface area (Å²) in [6.45, 7) is 0.617. The standard InChI is InChI=1S/C13H15ClN4OS/c1-16-12(19)10-11(15)17-20-13(10)18(2)7-8-4-3-5-9(14)6-8/h3-6H,7H2,1-2H3,(H2,15,17)(H,16,19). The van der Waals surface area contributed by atoms with Crippen molar-refractivity contribution < 1.29 is 4.79 Å². The molecule has 0 fully saturated rings. The number of hydrogen-bond acceptors (Lipinski definition) is 5. The summed E-state index contributed by atoms with van der Waals surface area (Å²) >= 11 is 7.18. The van der Waals surface area contributed by atoms with Gasteiger partial charge in [0.05, 0.1) is 0 Å². The van der Waals surface area contributed by atoms with Gasteiger partial charge in [-0.25, -0.2) is 0 Å². The van der Waals surface area contributed by atoms with Gasteiger partial charge < -0.3 is 16.0 Å². The first kappa shape index (κ1) is 14.6. The van der Waals surface area contributed by atoms with Crippen LogP contribution < -0.4 is 16.0 Å². The highest BCUT2D eigenvalue weighted by Gasteiger charge is 2.21. The van der Waals surface area contributed by atoms with E-state index in [1.807, 2.05) is 36.2 Å². The monoisotopic (exact) mass is 310 g/mol. The third-order valence-electron chi connectivity index (χ3n) is 2.81. The predicted octanol–water partition coefficient (Wildman–Crippen LogP) is 2.37. The van der Waals surface area contributed by atoms with Crippen LogP contribution in [0.4, 0.5) is 10.8 Å².